The average Bonchev–Trinajstić information content (AvgIpc) is 2.84. The molecule has 1 fully saturated rings. The van der Waals surface area contributed by atoms with E-state index in [1.54, 1.807) is 12.1 Å². The number of rotatable bonds is 9. The number of amidine groups is 1. The van der Waals surface area contributed by atoms with Crippen molar-refractivity contribution in [2.45, 2.75) is 45.2 Å². The molecule has 3 aromatic rings. The van der Waals surface area contributed by atoms with Gasteiger partial charge in [-0.2, -0.15) is 0 Å². The molecule has 2 unspecified atom stereocenters. The van der Waals surface area contributed by atoms with Gasteiger partial charge in [0.15, 0.2) is 0 Å². The normalized spacial score (nSPS) is 17.5. The highest BCUT2D eigenvalue weighted by Crippen LogP contribution is 2.40. The van der Waals surface area contributed by atoms with E-state index in [0.717, 1.165) is 29.2 Å². The second-order valence-electron chi connectivity index (χ2n) is 9.58. The van der Waals surface area contributed by atoms with Gasteiger partial charge in [0.25, 0.3) is 0 Å². The lowest BCUT2D eigenvalue weighted by atomic mass is 9.91. The Labute approximate surface area is 212 Å². The lowest BCUT2D eigenvalue weighted by molar-refractivity contribution is -0.181. The number of anilines is 1. The van der Waals surface area contributed by atoms with Gasteiger partial charge in [-0.25, -0.2) is 9.79 Å². The number of nitrogens with one attached hydrogen (secondary N) is 1. The average molecular weight is 488 g/mol. The van der Waals surface area contributed by atoms with Crippen LogP contribution in [0, 0.1) is 0 Å². The summed E-state index contributed by atoms with van der Waals surface area (Å²) in [4.78, 5) is 19.5. The van der Waals surface area contributed by atoms with Gasteiger partial charge in [0.1, 0.15) is 12.4 Å². The van der Waals surface area contributed by atoms with Crippen LogP contribution >= 0.6 is 0 Å². The Morgan fingerprint density at radius 2 is 1.67 bits per heavy atom. The topological polar surface area (TPSA) is 83.4 Å². The van der Waals surface area contributed by atoms with E-state index in [1.165, 1.54) is 0 Å². The number of carbonyl (C=O) groups is 1. The van der Waals surface area contributed by atoms with Crippen LogP contribution < -0.4 is 10.2 Å². The summed E-state index contributed by atoms with van der Waals surface area (Å²) < 4.78 is 10.7. The lowest BCUT2D eigenvalue weighted by Crippen LogP contribution is -2.46. The van der Waals surface area contributed by atoms with Crippen molar-refractivity contribution in [1.82, 2.24) is 5.32 Å². The quantitative estimate of drug-likeness (QED) is 0.245. The van der Waals surface area contributed by atoms with Crippen LogP contribution in [0.2, 0.25) is 0 Å². The van der Waals surface area contributed by atoms with E-state index in [9.17, 15) is 9.90 Å². The van der Waals surface area contributed by atoms with Crippen molar-refractivity contribution in [3.05, 3.63) is 96.1 Å². The second kappa shape index (κ2) is 11.5. The largest absolute Gasteiger partial charge is 0.461 e. The van der Waals surface area contributed by atoms with Gasteiger partial charge in [-0.3, -0.25) is 5.32 Å². The molecule has 0 radical (unpaired) electrons. The zero-order chi connectivity index (χ0) is 25.5. The Morgan fingerprint density at radius 3 is 2.31 bits per heavy atom. The predicted octanol–water partition coefficient (Wildman–Crippen LogP) is 5.21. The van der Waals surface area contributed by atoms with E-state index in [4.69, 9.17) is 14.5 Å². The standard InChI is InChI=1S/C29H33N3O4/c1-29(2,3)36-28(34)30-18-19-35-27(33)22-16-14-21(15-17-22)25-20-26(31-23-10-6-4-7-11-23)32(25)24-12-8-5-9-13-24/h4-17,25,28,30,34H,18-20H2,1-3H3/b31-26+. The Morgan fingerprint density at radius 1 is 1.03 bits per heavy atom. The lowest BCUT2D eigenvalue weighted by Gasteiger charge is -2.44. The van der Waals surface area contributed by atoms with Crippen molar-refractivity contribution in [2.75, 3.05) is 18.1 Å². The third kappa shape index (κ3) is 6.79. The first-order valence-electron chi connectivity index (χ1n) is 12.1. The van der Waals surface area contributed by atoms with Gasteiger partial charge < -0.3 is 19.5 Å². The van der Waals surface area contributed by atoms with E-state index in [0.29, 0.717) is 5.56 Å². The van der Waals surface area contributed by atoms with Gasteiger partial charge in [-0.15, -0.1) is 0 Å². The number of carbonyl (C=O) groups excluding carboxylic acids is 1. The molecule has 7 heteroatoms. The van der Waals surface area contributed by atoms with Crippen LogP contribution in [0.1, 0.15) is 49.2 Å². The molecule has 1 heterocycles. The monoisotopic (exact) mass is 487 g/mol. The number of ether oxygens (including phenoxy) is 2. The molecule has 188 valence electrons. The molecule has 3 aromatic carbocycles. The van der Waals surface area contributed by atoms with Crippen LogP contribution in [0.3, 0.4) is 0 Å². The number of aliphatic hydroxyl groups excluding tert-OH is 1. The summed E-state index contributed by atoms with van der Waals surface area (Å²) in [7, 11) is 0. The van der Waals surface area contributed by atoms with E-state index in [2.05, 4.69) is 22.3 Å². The number of aliphatic imine (C=N–C) groups is 1. The van der Waals surface area contributed by atoms with Crippen molar-refractivity contribution in [1.29, 1.82) is 0 Å². The van der Waals surface area contributed by atoms with Crippen LogP contribution in [-0.4, -0.2) is 42.1 Å². The maximum absolute atomic E-state index is 12.5. The first-order valence-corrected chi connectivity index (χ1v) is 12.1. The summed E-state index contributed by atoms with van der Waals surface area (Å²) in [6, 6.07) is 27.8. The molecule has 1 aliphatic heterocycles. The Hall–Kier alpha value is -3.52. The summed E-state index contributed by atoms with van der Waals surface area (Å²) >= 11 is 0. The van der Waals surface area contributed by atoms with Crippen molar-refractivity contribution in [3.63, 3.8) is 0 Å². The SMILES string of the molecule is CC(C)(C)OC(O)NCCOC(=O)c1ccc(C2C/C(=N\c3ccccc3)N2c2ccccc2)cc1. The van der Waals surface area contributed by atoms with Crippen molar-refractivity contribution in [2.24, 2.45) is 4.99 Å². The number of esters is 1. The zero-order valence-electron chi connectivity index (χ0n) is 20.9. The minimum Gasteiger partial charge on any atom is -0.461 e. The molecule has 7 nitrogen and oxygen atoms in total. The molecule has 2 atom stereocenters. The van der Waals surface area contributed by atoms with Gasteiger partial charge in [0.2, 0.25) is 6.41 Å². The van der Waals surface area contributed by atoms with Crippen LogP contribution in [0.15, 0.2) is 89.9 Å². The van der Waals surface area contributed by atoms with Gasteiger partial charge >= 0.3 is 5.97 Å². The van der Waals surface area contributed by atoms with Gasteiger partial charge in [-0.1, -0.05) is 48.5 Å². The predicted molar refractivity (Wildman–Crippen MR) is 141 cm³/mol. The summed E-state index contributed by atoms with van der Waals surface area (Å²) in [5, 5.41) is 12.6. The Bertz CT molecular complexity index is 1160. The van der Waals surface area contributed by atoms with Crippen LogP contribution in [0.4, 0.5) is 11.4 Å². The molecule has 0 spiro atoms. The third-order valence-electron chi connectivity index (χ3n) is 5.66. The van der Waals surface area contributed by atoms with E-state index in [-0.39, 0.29) is 19.2 Å². The van der Waals surface area contributed by atoms with Crippen molar-refractivity contribution < 1.29 is 19.4 Å². The minimum absolute atomic E-state index is 0.120. The Kier molecular flexibility index (Phi) is 8.15. The molecule has 1 aliphatic rings. The molecule has 0 aliphatic carbocycles. The number of benzene rings is 3. The van der Waals surface area contributed by atoms with Crippen LogP contribution in [-0.2, 0) is 9.47 Å². The molecule has 1 saturated heterocycles. The molecule has 0 saturated carbocycles. The fourth-order valence-electron chi connectivity index (χ4n) is 3.99. The Balaban J connectivity index is 1.37. The molecule has 0 bridgehead atoms. The fourth-order valence-corrected chi connectivity index (χ4v) is 3.99. The van der Waals surface area contributed by atoms with Gasteiger partial charge in [0, 0.05) is 18.7 Å². The molecule has 0 amide bonds. The second-order valence-corrected chi connectivity index (χ2v) is 9.58. The van der Waals surface area contributed by atoms with Crippen molar-refractivity contribution >= 4 is 23.2 Å². The number of para-hydroxylation sites is 2. The van der Waals surface area contributed by atoms with Gasteiger partial charge in [0.05, 0.1) is 22.9 Å². The number of nitrogens with zero attached hydrogens (tertiary/aromatic N) is 2. The highest BCUT2D eigenvalue weighted by molar-refractivity contribution is 6.06. The minimum atomic E-state index is -1.12. The number of hydrogen-bond donors (Lipinski definition) is 2. The summed E-state index contributed by atoms with van der Waals surface area (Å²) in [5.41, 5.74) is 3.12. The molecule has 36 heavy (non-hydrogen) atoms. The highest BCUT2D eigenvalue weighted by Gasteiger charge is 2.36. The first-order chi connectivity index (χ1) is 17.3. The van der Waals surface area contributed by atoms with E-state index in [1.807, 2.05) is 81.4 Å². The maximum Gasteiger partial charge on any atom is 0.338 e. The molecular formula is C29H33N3O4. The molecule has 4 rings (SSSR count). The highest BCUT2D eigenvalue weighted by atomic mass is 16.6. The molecule has 2 N–H and O–H groups in total. The maximum atomic E-state index is 12.5. The molecule has 0 aromatic heterocycles. The third-order valence-corrected chi connectivity index (χ3v) is 5.66. The zero-order valence-corrected chi connectivity index (χ0v) is 20.9. The smallest absolute Gasteiger partial charge is 0.338 e. The molecular weight excluding hydrogens is 454 g/mol. The number of aliphatic hydroxyl groups is 1. The first kappa shape index (κ1) is 25.6. The van der Waals surface area contributed by atoms with E-state index < -0.39 is 18.0 Å². The summed E-state index contributed by atoms with van der Waals surface area (Å²) in [6.07, 6.45) is -0.313. The summed E-state index contributed by atoms with van der Waals surface area (Å²) in [6.45, 7) is 5.94. The van der Waals surface area contributed by atoms with Crippen LogP contribution in [0.5, 0.6) is 0 Å². The number of hydrogen-bond acceptors (Lipinski definition) is 6. The van der Waals surface area contributed by atoms with E-state index >= 15 is 0 Å². The van der Waals surface area contributed by atoms with Gasteiger partial charge in [-0.05, 0) is 62.7 Å². The fraction of sp³-hybridized carbons (Fsp3) is 0.310. The van der Waals surface area contributed by atoms with Crippen molar-refractivity contribution in [3.8, 4) is 0 Å². The summed E-state index contributed by atoms with van der Waals surface area (Å²) in [5.74, 6) is 0.598. The van der Waals surface area contributed by atoms with Crippen LogP contribution in [0.25, 0.3) is 0 Å².